The topological polar surface area (TPSA) is 214 Å². The van der Waals surface area contributed by atoms with Gasteiger partial charge in [-0.25, -0.2) is 23.7 Å². The van der Waals surface area contributed by atoms with Crippen molar-refractivity contribution in [2.24, 2.45) is 0 Å². The predicted molar refractivity (Wildman–Crippen MR) is 135 cm³/mol. The second-order valence-corrected chi connectivity index (χ2v) is 11.6. The molecule has 6 atom stereocenters. The maximum atomic E-state index is 14.4. The number of ether oxygens (including phenoxy) is 3. The zero-order valence-corrected chi connectivity index (χ0v) is 23.7. The quantitative estimate of drug-likeness (QED) is 0.150. The number of halogens is 2. The lowest BCUT2D eigenvalue weighted by Gasteiger charge is -2.33. The Bertz CT molecular complexity index is 1120. The van der Waals surface area contributed by atoms with Crippen LogP contribution in [-0.4, -0.2) is 86.8 Å². The van der Waals surface area contributed by atoms with Crippen molar-refractivity contribution in [1.82, 2.24) is 19.7 Å². The maximum absolute atomic E-state index is 14.4. The molecule has 2 heterocycles. The van der Waals surface area contributed by atoms with Crippen molar-refractivity contribution < 1.29 is 51.9 Å². The number of aliphatic hydroxyl groups is 2. The van der Waals surface area contributed by atoms with E-state index < -0.39 is 86.7 Å². The molecule has 0 radical (unpaired) electrons. The molecule has 1 saturated heterocycles. The molecule has 1 aromatic heterocycles. The van der Waals surface area contributed by atoms with Crippen molar-refractivity contribution in [3.63, 3.8) is 0 Å². The number of carbonyl (C=O) groups excluding carboxylic acids is 2. The van der Waals surface area contributed by atoms with E-state index in [1.54, 1.807) is 27.7 Å². The number of nitrogen functional groups attached to an aromatic ring is 1. The van der Waals surface area contributed by atoms with E-state index >= 15 is 0 Å². The average Bonchev–Trinajstić information content (AvgIpc) is 3.08. The first kappa shape index (κ1) is 33.7. The van der Waals surface area contributed by atoms with Crippen LogP contribution in [0.15, 0.2) is 17.1 Å². The predicted octanol–water partition coefficient (Wildman–Crippen LogP) is 0.0641. The lowest BCUT2D eigenvalue weighted by atomic mass is 9.96. The first-order valence-corrected chi connectivity index (χ1v) is 13.9. The number of carbonyl (C=O) groups is 2. The van der Waals surface area contributed by atoms with Crippen molar-refractivity contribution >= 4 is 25.4 Å². The molecule has 0 amide bonds. The Hall–Kier alpha value is -2.53. The second-order valence-electron chi connectivity index (χ2n) is 9.74. The monoisotopic (exact) mass is 599 g/mol. The lowest BCUT2D eigenvalue weighted by molar-refractivity contribution is -0.192. The van der Waals surface area contributed by atoms with E-state index in [-0.39, 0.29) is 5.82 Å². The van der Waals surface area contributed by atoms with Gasteiger partial charge in [0.1, 0.15) is 30.1 Å². The van der Waals surface area contributed by atoms with Crippen LogP contribution in [-0.2, 0) is 32.9 Å². The summed E-state index contributed by atoms with van der Waals surface area (Å²) in [7, 11) is -4.62. The molecule has 0 saturated carbocycles. The minimum atomic E-state index is -4.62. The normalized spacial score (nSPS) is 24.9. The third kappa shape index (κ3) is 8.02. The zero-order chi connectivity index (χ0) is 30.6. The third-order valence-electron chi connectivity index (χ3n) is 5.56. The molecule has 0 aliphatic carbocycles. The standard InChI is InChI=1S/C22H36F2N5O10P/c1-10(2)37-18(32)12(5)27-40(35,28-13(6)19(33)38-11(3)4)36-9-22(20(23)24)16(31)15(30)17(39-22)29-8-7-14(25)26-21(29)34/h7-8,10-13,15-17,20,30-31H,9H2,1-6H3,(H2,25,26,34)(H2,27,28,35)/t12-,13-,15+,16-,17+,22+/m0/s1. The summed E-state index contributed by atoms with van der Waals surface area (Å²) in [5.74, 6) is -1.93. The van der Waals surface area contributed by atoms with Crippen LogP contribution in [0, 0.1) is 0 Å². The van der Waals surface area contributed by atoms with Gasteiger partial charge in [0.05, 0.1) is 18.8 Å². The van der Waals surface area contributed by atoms with E-state index in [2.05, 4.69) is 15.2 Å². The van der Waals surface area contributed by atoms with Gasteiger partial charge in [-0.2, -0.15) is 4.98 Å². The summed E-state index contributed by atoms with van der Waals surface area (Å²) in [4.78, 5) is 40.3. The van der Waals surface area contributed by atoms with Gasteiger partial charge < -0.3 is 34.7 Å². The molecule has 1 aliphatic heterocycles. The van der Waals surface area contributed by atoms with Crippen LogP contribution >= 0.6 is 7.67 Å². The largest absolute Gasteiger partial charge is 0.462 e. The molecule has 15 nitrogen and oxygen atoms in total. The van der Waals surface area contributed by atoms with Crippen molar-refractivity contribution in [1.29, 1.82) is 0 Å². The first-order valence-electron chi connectivity index (χ1n) is 12.3. The number of nitrogens with zero attached hydrogens (tertiary/aromatic N) is 2. The van der Waals surface area contributed by atoms with Gasteiger partial charge in [-0.3, -0.25) is 18.7 Å². The Labute approximate surface area is 228 Å². The fourth-order valence-corrected chi connectivity index (χ4v) is 5.44. The number of aromatic nitrogens is 2. The van der Waals surface area contributed by atoms with Gasteiger partial charge in [0, 0.05) is 6.20 Å². The summed E-state index contributed by atoms with van der Waals surface area (Å²) >= 11 is 0. The molecule has 0 spiro atoms. The summed E-state index contributed by atoms with van der Waals surface area (Å²) in [6, 6.07) is -1.52. The van der Waals surface area contributed by atoms with E-state index in [4.69, 9.17) is 24.5 Å². The number of anilines is 1. The number of rotatable bonds is 13. The molecule has 0 aromatic carbocycles. The summed E-state index contributed by atoms with van der Waals surface area (Å²) in [6.45, 7) is 7.43. The first-order chi connectivity index (χ1) is 18.4. The van der Waals surface area contributed by atoms with Gasteiger partial charge in [0.15, 0.2) is 11.8 Å². The van der Waals surface area contributed by atoms with Gasteiger partial charge >= 0.3 is 25.3 Å². The van der Waals surface area contributed by atoms with Gasteiger partial charge in [0.25, 0.3) is 6.43 Å². The van der Waals surface area contributed by atoms with Crippen LogP contribution < -0.4 is 21.6 Å². The molecule has 1 fully saturated rings. The van der Waals surface area contributed by atoms with E-state index in [9.17, 15) is 37.9 Å². The molecule has 2 rings (SSSR count). The van der Waals surface area contributed by atoms with Crippen LogP contribution in [0.1, 0.15) is 47.8 Å². The molecule has 1 aliphatic rings. The number of nitrogens with two attached hydrogens (primary N) is 1. The fraction of sp³-hybridized carbons (Fsp3) is 0.727. The average molecular weight is 600 g/mol. The smallest absolute Gasteiger partial charge is 0.351 e. The van der Waals surface area contributed by atoms with Crippen LogP contribution in [0.25, 0.3) is 0 Å². The lowest BCUT2D eigenvalue weighted by Crippen LogP contribution is -2.53. The molecular formula is C22H36F2N5O10P. The van der Waals surface area contributed by atoms with Gasteiger partial charge in [0.2, 0.25) is 0 Å². The van der Waals surface area contributed by atoms with E-state index in [1.807, 2.05) is 0 Å². The van der Waals surface area contributed by atoms with Crippen LogP contribution in [0.3, 0.4) is 0 Å². The molecule has 228 valence electrons. The SMILES string of the molecule is CC(C)OC(=O)[C@H](C)NP(=O)(N[C@@H](C)C(=O)OC(C)C)OC[C@@]1(C(F)F)O[C@@H](n2ccc(N)nc2=O)[C@H](O)[C@@H]1O. The number of hydrogen-bond acceptors (Lipinski definition) is 12. The highest BCUT2D eigenvalue weighted by molar-refractivity contribution is 7.54. The Morgan fingerprint density at radius 1 is 1.12 bits per heavy atom. The van der Waals surface area contributed by atoms with Gasteiger partial charge in [-0.05, 0) is 47.6 Å². The minimum absolute atomic E-state index is 0.189. The van der Waals surface area contributed by atoms with Gasteiger partial charge in [-0.15, -0.1) is 0 Å². The highest BCUT2D eigenvalue weighted by Gasteiger charge is 2.61. The molecule has 0 unspecified atom stereocenters. The molecule has 6 N–H and O–H groups in total. The summed E-state index contributed by atoms with van der Waals surface area (Å²) < 4.78 is 64.0. The number of hydrogen-bond donors (Lipinski definition) is 5. The molecule has 40 heavy (non-hydrogen) atoms. The zero-order valence-electron chi connectivity index (χ0n) is 22.8. The summed E-state index contributed by atoms with van der Waals surface area (Å²) in [6.07, 6.45) is -9.92. The summed E-state index contributed by atoms with van der Waals surface area (Å²) in [5.41, 5.74) is 1.35. The van der Waals surface area contributed by atoms with Crippen LogP contribution in [0.5, 0.6) is 0 Å². The second kappa shape index (κ2) is 13.4. The highest BCUT2D eigenvalue weighted by atomic mass is 31.2. The van der Waals surface area contributed by atoms with Crippen molar-refractivity contribution in [3.8, 4) is 0 Å². The Morgan fingerprint density at radius 3 is 2.05 bits per heavy atom. The van der Waals surface area contributed by atoms with Gasteiger partial charge in [-0.1, -0.05) is 0 Å². The van der Waals surface area contributed by atoms with Crippen LogP contribution in [0.4, 0.5) is 14.6 Å². The van der Waals surface area contributed by atoms with E-state index in [1.165, 1.54) is 13.8 Å². The molecular weight excluding hydrogens is 563 g/mol. The van der Waals surface area contributed by atoms with Crippen molar-refractivity contribution in [2.75, 3.05) is 12.3 Å². The Kier molecular flexibility index (Phi) is 11.3. The number of alkyl halides is 2. The molecule has 1 aromatic rings. The van der Waals surface area contributed by atoms with E-state index in [0.29, 0.717) is 4.57 Å². The Morgan fingerprint density at radius 2 is 1.62 bits per heavy atom. The number of nitrogens with one attached hydrogen (secondary N) is 2. The summed E-state index contributed by atoms with van der Waals surface area (Å²) in [5, 5.41) is 25.8. The molecule has 18 heteroatoms. The minimum Gasteiger partial charge on any atom is -0.462 e. The third-order valence-corrected chi connectivity index (χ3v) is 7.51. The van der Waals surface area contributed by atoms with Crippen molar-refractivity contribution in [3.05, 3.63) is 22.7 Å². The Balaban J connectivity index is 2.38. The van der Waals surface area contributed by atoms with Crippen molar-refractivity contribution in [2.45, 2.75) is 96.3 Å². The highest BCUT2D eigenvalue weighted by Crippen LogP contribution is 2.46. The maximum Gasteiger partial charge on any atom is 0.351 e. The molecule has 0 bridgehead atoms. The van der Waals surface area contributed by atoms with Crippen LogP contribution in [0.2, 0.25) is 0 Å². The van der Waals surface area contributed by atoms with E-state index in [0.717, 1.165) is 12.3 Å². The number of aliphatic hydroxyl groups excluding tert-OH is 2. The fourth-order valence-electron chi connectivity index (χ4n) is 3.60. The number of esters is 2.